The summed E-state index contributed by atoms with van der Waals surface area (Å²) < 4.78 is 5.05. The van der Waals surface area contributed by atoms with Gasteiger partial charge in [-0.15, -0.1) is 11.3 Å². The van der Waals surface area contributed by atoms with Gasteiger partial charge in [0.15, 0.2) is 0 Å². The molecule has 1 aliphatic carbocycles. The fourth-order valence-corrected chi connectivity index (χ4v) is 9.84. The Kier molecular flexibility index (Phi) is 7.85. The monoisotopic (exact) mass is 736 g/mol. The maximum Gasteiger partial charge on any atom is 0.148 e. The van der Waals surface area contributed by atoms with Crippen LogP contribution in [0.5, 0.6) is 0 Å². The van der Waals surface area contributed by atoms with Crippen molar-refractivity contribution in [3.8, 4) is 27.9 Å². The van der Waals surface area contributed by atoms with Crippen LogP contribution in [0.2, 0.25) is 0 Å². The van der Waals surface area contributed by atoms with Crippen LogP contribution in [0.15, 0.2) is 198 Å². The SMILES string of the molecule is C1=CCC(C2=NC(c3cccc(-n4c5ccccc5c5cc(-c6cccc7c6sc6c(-c8ccccc8)cccc67)ccc54)c3)NC(c3ccccc3)=N2)C=C1. The minimum atomic E-state index is -0.277. The number of allylic oxidation sites excluding steroid dienone is 3. The minimum absolute atomic E-state index is 0.141. The molecule has 9 aromatic rings. The zero-order valence-corrected chi connectivity index (χ0v) is 31.3. The molecule has 0 fully saturated rings. The van der Waals surface area contributed by atoms with Gasteiger partial charge in [0, 0.05) is 48.1 Å². The number of benzene rings is 7. The van der Waals surface area contributed by atoms with Crippen molar-refractivity contribution < 1.29 is 0 Å². The summed E-state index contributed by atoms with van der Waals surface area (Å²) in [4.78, 5) is 10.3. The lowest BCUT2D eigenvalue weighted by Gasteiger charge is -2.26. The highest BCUT2D eigenvalue weighted by Crippen LogP contribution is 2.45. The first-order valence-electron chi connectivity index (χ1n) is 19.2. The quantitative estimate of drug-likeness (QED) is 0.181. The molecule has 3 heterocycles. The zero-order chi connectivity index (χ0) is 37.0. The van der Waals surface area contributed by atoms with Crippen molar-refractivity contribution in [1.82, 2.24) is 9.88 Å². The average molecular weight is 737 g/mol. The number of nitrogens with zero attached hydrogens (tertiary/aromatic N) is 3. The van der Waals surface area contributed by atoms with Crippen molar-refractivity contribution >= 4 is 65.0 Å². The van der Waals surface area contributed by atoms with E-state index in [1.807, 2.05) is 17.4 Å². The van der Waals surface area contributed by atoms with Gasteiger partial charge >= 0.3 is 0 Å². The second-order valence-electron chi connectivity index (χ2n) is 14.5. The fourth-order valence-electron chi connectivity index (χ4n) is 8.47. The Bertz CT molecular complexity index is 3090. The van der Waals surface area contributed by atoms with Crippen LogP contribution in [0.1, 0.15) is 23.7 Å². The van der Waals surface area contributed by atoms with Gasteiger partial charge in [0.25, 0.3) is 0 Å². The topological polar surface area (TPSA) is 41.7 Å². The Hall–Kier alpha value is -6.82. The summed E-state index contributed by atoms with van der Waals surface area (Å²) >= 11 is 1.90. The van der Waals surface area contributed by atoms with Crippen LogP contribution in [0.4, 0.5) is 0 Å². The maximum absolute atomic E-state index is 5.23. The molecule has 2 unspecified atom stereocenters. The molecule has 2 aromatic heterocycles. The predicted molar refractivity (Wildman–Crippen MR) is 237 cm³/mol. The lowest BCUT2D eigenvalue weighted by molar-refractivity contribution is 0.658. The zero-order valence-electron chi connectivity index (χ0n) is 30.5. The molecule has 0 spiro atoms. The molecule has 0 saturated carbocycles. The van der Waals surface area contributed by atoms with E-state index in [1.54, 1.807) is 0 Å². The molecule has 1 aliphatic heterocycles. The number of hydrogen-bond donors (Lipinski definition) is 1. The summed E-state index contributed by atoms with van der Waals surface area (Å²) in [6, 6.07) is 59.2. The van der Waals surface area contributed by atoms with Crippen molar-refractivity contribution in [2.24, 2.45) is 15.9 Å². The summed E-state index contributed by atoms with van der Waals surface area (Å²) in [5.74, 6) is 1.85. The van der Waals surface area contributed by atoms with Gasteiger partial charge in [-0.3, -0.25) is 0 Å². The molecular weight excluding hydrogens is 701 g/mol. The Morgan fingerprint density at radius 3 is 2.00 bits per heavy atom. The molecule has 4 nitrogen and oxygen atoms in total. The lowest BCUT2D eigenvalue weighted by atomic mass is 9.98. The third-order valence-corrected chi connectivity index (χ3v) is 12.4. The third-order valence-electron chi connectivity index (χ3n) is 11.2. The standard InChI is InChI=1S/C51H36N4S/c1-4-15-33(16-5-1)39-24-13-26-42-43-27-14-25-40(48(43)56-47(39)42)36-29-30-46-44(32-36)41-23-10-11-28-45(41)55(46)38-22-12-21-37(31-38)51-53-49(34-17-6-2-7-18-34)52-50(54-51)35-19-8-3-9-20-35/h1-19,21-32,35,51H,20H2,(H,52,53,54). The van der Waals surface area contributed by atoms with Crippen LogP contribution >= 0.6 is 11.3 Å². The molecule has 0 radical (unpaired) electrons. The second kappa shape index (κ2) is 13.5. The number of para-hydroxylation sites is 1. The lowest BCUT2D eigenvalue weighted by Crippen LogP contribution is -2.35. The molecular formula is C51H36N4S. The molecule has 7 aromatic carbocycles. The molecule has 11 rings (SSSR count). The minimum Gasteiger partial charge on any atom is -0.344 e. The molecule has 0 saturated heterocycles. The molecule has 0 amide bonds. The summed E-state index contributed by atoms with van der Waals surface area (Å²) in [7, 11) is 0. The van der Waals surface area contributed by atoms with Crippen molar-refractivity contribution in [3.63, 3.8) is 0 Å². The summed E-state index contributed by atoms with van der Waals surface area (Å²) in [5, 5.41) is 8.76. The first-order chi connectivity index (χ1) is 27.8. The van der Waals surface area contributed by atoms with Crippen LogP contribution in [0.25, 0.3) is 69.9 Å². The van der Waals surface area contributed by atoms with Gasteiger partial charge in [-0.05, 0) is 64.6 Å². The van der Waals surface area contributed by atoms with E-state index in [9.17, 15) is 0 Å². The highest BCUT2D eigenvalue weighted by molar-refractivity contribution is 7.26. The Morgan fingerprint density at radius 2 is 1.23 bits per heavy atom. The number of nitrogens with one attached hydrogen (secondary N) is 1. The van der Waals surface area contributed by atoms with Crippen molar-refractivity contribution in [1.29, 1.82) is 0 Å². The van der Waals surface area contributed by atoms with E-state index in [1.165, 1.54) is 64.2 Å². The van der Waals surface area contributed by atoms with E-state index < -0.39 is 0 Å². The fraction of sp³-hybridized carbons (Fsp3) is 0.0588. The normalized spacial score (nSPS) is 16.7. The molecule has 2 atom stereocenters. The van der Waals surface area contributed by atoms with Gasteiger partial charge in [0.2, 0.25) is 0 Å². The molecule has 2 aliphatic rings. The van der Waals surface area contributed by atoms with Crippen molar-refractivity contribution in [3.05, 3.63) is 199 Å². The number of thiophene rings is 1. The predicted octanol–water partition coefficient (Wildman–Crippen LogP) is 13.1. The first-order valence-corrected chi connectivity index (χ1v) is 20.0. The van der Waals surface area contributed by atoms with E-state index in [4.69, 9.17) is 9.98 Å². The van der Waals surface area contributed by atoms with Crippen LogP contribution in [0, 0.1) is 5.92 Å². The summed E-state index contributed by atoms with van der Waals surface area (Å²) in [6.07, 6.45) is 9.22. The van der Waals surface area contributed by atoms with Gasteiger partial charge in [-0.25, -0.2) is 9.98 Å². The highest BCUT2D eigenvalue weighted by atomic mass is 32.1. The molecule has 1 N–H and O–H groups in total. The maximum atomic E-state index is 5.23. The molecule has 266 valence electrons. The van der Waals surface area contributed by atoms with E-state index in [2.05, 4.69) is 192 Å². The highest BCUT2D eigenvalue weighted by Gasteiger charge is 2.25. The van der Waals surface area contributed by atoms with Crippen LogP contribution < -0.4 is 5.32 Å². The Balaban J connectivity index is 1.02. The summed E-state index contributed by atoms with van der Waals surface area (Å²) in [6.45, 7) is 0. The third kappa shape index (κ3) is 5.51. The number of aliphatic imine (C=N–C) groups is 2. The molecule has 5 heteroatoms. The van der Waals surface area contributed by atoms with E-state index in [0.29, 0.717) is 0 Å². The number of rotatable bonds is 6. The number of fused-ring (bicyclic) bond motifs is 6. The van der Waals surface area contributed by atoms with Gasteiger partial charge in [-0.2, -0.15) is 0 Å². The second-order valence-corrected chi connectivity index (χ2v) is 15.5. The van der Waals surface area contributed by atoms with Gasteiger partial charge in [-0.1, -0.05) is 158 Å². The number of amidine groups is 2. The van der Waals surface area contributed by atoms with Gasteiger partial charge in [0.1, 0.15) is 17.8 Å². The molecule has 0 bridgehead atoms. The van der Waals surface area contributed by atoms with Gasteiger partial charge in [0.05, 0.1) is 11.0 Å². The first kappa shape index (κ1) is 32.6. The Morgan fingerprint density at radius 1 is 0.554 bits per heavy atom. The van der Waals surface area contributed by atoms with E-state index in [0.717, 1.165) is 34.9 Å². The average Bonchev–Trinajstić information content (AvgIpc) is 3.83. The van der Waals surface area contributed by atoms with Crippen LogP contribution in [-0.4, -0.2) is 16.2 Å². The van der Waals surface area contributed by atoms with Crippen molar-refractivity contribution in [2.75, 3.05) is 0 Å². The molecule has 56 heavy (non-hydrogen) atoms. The van der Waals surface area contributed by atoms with Crippen LogP contribution in [0.3, 0.4) is 0 Å². The van der Waals surface area contributed by atoms with Crippen molar-refractivity contribution in [2.45, 2.75) is 12.6 Å². The van der Waals surface area contributed by atoms with E-state index in [-0.39, 0.29) is 12.1 Å². The van der Waals surface area contributed by atoms with Crippen LogP contribution in [-0.2, 0) is 0 Å². The van der Waals surface area contributed by atoms with E-state index >= 15 is 0 Å². The largest absolute Gasteiger partial charge is 0.344 e. The number of hydrogen-bond acceptors (Lipinski definition) is 4. The smallest absolute Gasteiger partial charge is 0.148 e. The number of aromatic nitrogens is 1. The Labute approximate surface area is 329 Å². The van der Waals surface area contributed by atoms with Gasteiger partial charge < -0.3 is 9.88 Å². The summed E-state index contributed by atoms with van der Waals surface area (Å²) in [5.41, 5.74) is 10.6.